The van der Waals surface area contributed by atoms with Gasteiger partial charge in [0.1, 0.15) is 0 Å². The Bertz CT molecular complexity index is 420. The summed E-state index contributed by atoms with van der Waals surface area (Å²) in [7, 11) is 0. The van der Waals surface area contributed by atoms with E-state index in [1.807, 2.05) is 24.0 Å². The number of hydrogen-bond acceptors (Lipinski definition) is 1. The summed E-state index contributed by atoms with van der Waals surface area (Å²) >= 11 is 6.85. The molecular weight excluding hydrogens is 346 g/mol. The molecule has 0 saturated carbocycles. The number of carbonyl (C=O) groups is 1. The van der Waals surface area contributed by atoms with E-state index in [0.717, 1.165) is 23.9 Å². The normalized spacial score (nSPS) is 21.6. The minimum absolute atomic E-state index is 0.102. The second-order valence-electron chi connectivity index (χ2n) is 4.36. The smallest absolute Gasteiger partial charge is 0.236 e. The van der Waals surface area contributed by atoms with Gasteiger partial charge in [0.25, 0.3) is 0 Å². The van der Waals surface area contributed by atoms with Crippen molar-refractivity contribution in [2.45, 2.75) is 30.6 Å². The van der Waals surface area contributed by atoms with E-state index in [2.05, 4.69) is 44.0 Å². The van der Waals surface area contributed by atoms with Gasteiger partial charge in [0.15, 0.2) is 0 Å². The molecule has 2 nitrogen and oxygen atoms in total. The van der Waals surface area contributed by atoms with E-state index in [0.29, 0.717) is 0 Å². The standard InChI is InChI=1S/C13H15Br2NO/c1-9(14)13(17)16-7-3-6-12(16)10-4-2-5-11(15)8-10/h2,4-5,8-9,12H,3,6-7H2,1H3. The number of benzene rings is 1. The lowest BCUT2D eigenvalue weighted by Gasteiger charge is -2.26. The number of likely N-dealkylation sites (tertiary alicyclic amines) is 1. The number of nitrogens with zero attached hydrogens (tertiary/aromatic N) is 1. The molecule has 1 saturated heterocycles. The first-order valence-corrected chi connectivity index (χ1v) is 7.50. The SMILES string of the molecule is CC(Br)C(=O)N1CCCC1c1cccc(Br)c1. The number of rotatable bonds is 2. The van der Waals surface area contributed by atoms with Gasteiger partial charge in [-0.25, -0.2) is 0 Å². The van der Waals surface area contributed by atoms with E-state index < -0.39 is 0 Å². The summed E-state index contributed by atoms with van der Waals surface area (Å²) in [5.74, 6) is 0.187. The predicted molar refractivity (Wildman–Crippen MR) is 76.2 cm³/mol. The third kappa shape index (κ3) is 2.91. The van der Waals surface area contributed by atoms with Crippen molar-refractivity contribution in [2.75, 3.05) is 6.54 Å². The molecule has 1 fully saturated rings. The van der Waals surface area contributed by atoms with Crippen molar-refractivity contribution in [3.8, 4) is 0 Å². The van der Waals surface area contributed by atoms with Crippen LogP contribution in [-0.4, -0.2) is 22.2 Å². The fourth-order valence-corrected chi connectivity index (χ4v) is 3.00. The van der Waals surface area contributed by atoms with Gasteiger partial charge in [-0.05, 0) is 37.5 Å². The van der Waals surface area contributed by atoms with Crippen molar-refractivity contribution < 1.29 is 4.79 Å². The maximum atomic E-state index is 12.1. The predicted octanol–water partition coefficient (Wildman–Crippen LogP) is 3.90. The molecule has 0 aromatic heterocycles. The van der Waals surface area contributed by atoms with Gasteiger partial charge in [-0.15, -0.1) is 0 Å². The molecule has 2 rings (SSSR count). The Labute approximate surface area is 119 Å². The van der Waals surface area contributed by atoms with E-state index in [-0.39, 0.29) is 16.8 Å². The second kappa shape index (κ2) is 5.53. The van der Waals surface area contributed by atoms with Gasteiger partial charge < -0.3 is 4.90 Å². The second-order valence-corrected chi connectivity index (χ2v) is 6.65. The fraction of sp³-hybridized carbons (Fsp3) is 0.462. The summed E-state index contributed by atoms with van der Waals surface area (Å²) in [6, 6.07) is 8.48. The van der Waals surface area contributed by atoms with Crippen molar-refractivity contribution in [1.82, 2.24) is 4.90 Å². The highest BCUT2D eigenvalue weighted by Crippen LogP contribution is 2.33. The third-order valence-corrected chi connectivity index (χ3v) is 3.99. The molecule has 2 atom stereocenters. The van der Waals surface area contributed by atoms with Crippen LogP contribution in [0.4, 0.5) is 0 Å². The van der Waals surface area contributed by atoms with Crippen LogP contribution >= 0.6 is 31.9 Å². The quantitative estimate of drug-likeness (QED) is 0.732. The highest BCUT2D eigenvalue weighted by molar-refractivity contribution is 9.10. The molecule has 1 aromatic rings. The molecule has 0 N–H and O–H groups in total. The van der Waals surface area contributed by atoms with Crippen molar-refractivity contribution in [3.63, 3.8) is 0 Å². The molecule has 0 spiro atoms. The first kappa shape index (κ1) is 13.1. The summed E-state index contributed by atoms with van der Waals surface area (Å²) in [5, 5.41) is 0. The Morgan fingerprint density at radius 3 is 2.94 bits per heavy atom. The average molecular weight is 361 g/mol. The van der Waals surface area contributed by atoms with E-state index in [1.54, 1.807) is 0 Å². The molecule has 2 unspecified atom stereocenters. The molecule has 92 valence electrons. The molecule has 1 aromatic carbocycles. The molecule has 1 aliphatic rings. The van der Waals surface area contributed by atoms with Crippen LogP contribution in [-0.2, 0) is 4.79 Å². The van der Waals surface area contributed by atoms with Crippen molar-refractivity contribution in [1.29, 1.82) is 0 Å². The average Bonchev–Trinajstić information content (AvgIpc) is 2.76. The lowest BCUT2D eigenvalue weighted by Crippen LogP contribution is -2.34. The maximum absolute atomic E-state index is 12.1. The molecule has 0 bridgehead atoms. The molecule has 0 radical (unpaired) electrons. The third-order valence-electron chi connectivity index (χ3n) is 3.11. The van der Waals surface area contributed by atoms with Crippen LogP contribution in [0.2, 0.25) is 0 Å². The van der Waals surface area contributed by atoms with Gasteiger partial charge in [-0.3, -0.25) is 4.79 Å². The van der Waals surface area contributed by atoms with Crippen LogP contribution in [0.15, 0.2) is 28.7 Å². The Morgan fingerprint density at radius 2 is 2.29 bits per heavy atom. The lowest BCUT2D eigenvalue weighted by molar-refractivity contribution is -0.131. The summed E-state index contributed by atoms with van der Waals surface area (Å²) < 4.78 is 1.07. The largest absolute Gasteiger partial charge is 0.335 e. The fourth-order valence-electron chi connectivity index (χ4n) is 2.32. The minimum atomic E-state index is -0.102. The Kier molecular flexibility index (Phi) is 4.26. The van der Waals surface area contributed by atoms with Crippen molar-refractivity contribution in [2.24, 2.45) is 0 Å². The van der Waals surface area contributed by atoms with Gasteiger partial charge in [-0.2, -0.15) is 0 Å². The maximum Gasteiger partial charge on any atom is 0.236 e. The van der Waals surface area contributed by atoms with Gasteiger partial charge >= 0.3 is 0 Å². The molecule has 1 heterocycles. The highest BCUT2D eigenvalue weighted by Gasteiger charge is 2.31. The van der Waals surface area contributed by atoms with Crippen LogP contribution in [0.3, 0.4) is 0 Å². The molecule has 1 amide bonds. The minimum Gasteiger partial charge on any atom is -0.335 e. The molecule has 1 aliphatic heterocycles. The molecular formula is C13H15Br2NO. The zero-order valence-electron chi connectivity index (χ0n) is 9.70. The Balaban J connectivity index is 2.23. The monoisotopic (exact) mass is 359 g/mol. The van der Waals surface area contributed by atoms with E-state index in [4.69, 9.17) is 0 Å². The lowest BCUT2D eigenvalue weighted by atomic mass is 10.0. The van der Waals surface area contributed by atoms with Crippen LogP contribution in [0, 0.1) is 0 Å². The molecule has 17 heavy (non-hydrogen) atoms. The number of halogens is 2. The van der Waals surface area contributed by atoms with E-state index in [9.17, 15) is 4.79 Å². The number of hydrogen-bond donors (Lipinski definition) is 0. The van der Waals surface area contributed by atoms with E-state index >= 15 is 0 Å². The number of carbonyl (C=O) groups excluding carboxylic acids is 1. The summed E-state index contributed by atoms with van der Waals surface area (Å²) in [4.78, 5) is 14.0. The molecule has 4 heteroatoms. The van der Waals surface area contributed by atoms with Crippen LogP contribution in [0.1, 0.15) is 31.4 Å². The Hall–Kier alpha value is -0.350. The first-order valence-electron chi connectivity index (χ1n) is 5.79. The molecule has 0 aliphatic carbocycles. The van der Waals surface area contributed by atoms with E-state index in [1.165, 1.54) is 5.56 Å². The zero-order valence-corrected chi connectivity index (χ0v) is 12.9. The first-order chi connectivity index (χ1) is 8.09. The van der Waals surface area contributed by atoms with Gasteiger partial charge in [-0.1, -0.05) is 44.0 Å². The zero-order chi connectivity index (χ0) is 12.4. The number of amides is 1. The van der Waals surface area contributed by atoms with Crippen LogP contribution in [0.25, 0.3) is 0 Å². The summed E-state index contributed by atoms with van der Waals surface area (Å²) in [5.41, 5.74) is 1.22. The van der Waals surface area contributed by atoms with Gasteiger partial charge in [0, 0.05) is 11.0 Å². The van der Waals surface area contributed by atoms with Gasteiger partial charge in [0.05, 0.1) is 10.9 Å². The van der Waals surface area contributed by atoms with Gasteiger partial charge in [0.2, 0.25) is 5.91 Å². The van der Waals surface area contributed by atoms with Crippen molar-refractivity contribution >= 4 is 37.8 Å². The van der Waals surface area contributed by atoms with Crippen LogP contribution in [0.5, 0.6) is 0 Å². The Morgan fingerprint density at radius 1 is 1.53 bits per heavy atom. The summed E-state index contributed by atoms with van der Waals surface area (Å²) in [6.07, 6.45) is 2.14. The summed E-state index contributed by atoms with van der Waals surface area (Å²) in [6.45, 7) is 2.75. The van der Waals surface area contributed by atoms with Crippen LogP contribution < -0.4 is 0 Å². The highest BCUT2D eigenvalue weighted by atomic mass is 79.9. The topological polar surface area (TPSA) is 20.3 Å². The van der Waals surface area contributed by atoms with Crippen molar-refractivity contribution in [3.05, 3.63) is 34.3 Å². The number of alkyl halides is 1.